The summed E-state index contributed by atoms with van der Waals surface area (Å²) in [6, 6.07) is 20.3. The summed E-state index contributed by atoms with van der Waals surface area (Å²) in [5.74, 6) is 1.43. The van der Waals surface area contributed by atoms with Crippen molar-refractivity contribution in [1.29, 1.82) is 0 Å². The first-order valence-corrected chi connectivity index (χ1v) is 9.07. The number of hydrogen-bond donors (Lipinski definition) is 2. The van der Waals surface area contributed by atoms with Gasteiger partial charge in [-0.05, 0) is 41.0 Å². The van der Waals surface area contributed by atoms with E-state index in [1.807, 2.05) is 30.3 Å². The van der Waals surface area contributed by atoms with Gasteiger partial charge in [0, 0.05) is 12.6 Å². The van der Waals surface area contributed by atoms with Crippen molar-refractivity contribution in [2.45, 2.75) is 19.5 Å². The number of carbonyl (C=O) groups excluding carboxylic acids is 1. The van der Waals surface area contributed by atoms with Gasteiger partial charge in [0.1, 0.15) is 0 Å². The quantitative estimate of drug-likeness (QED) is 0.704. The molecule has 1 atom stereocenters. The molecular formula is C22H22N2O3. The van der Waals surface area contributed by atoms with Crippen LogP contribution in [0.15, 0.2) is 60.7 Å². The monoisotopic (exact) mass is 362 g/mol. The summed E-state index contributed by atoms with van der Waals surface area (Å²) in [5, 5.41) is 8.66. The summed E-state index contributed by atoms with van der Waals surface area (Å²) in [4.78, 5) is 12.2. The van der Waals surface area contributed by atoms with Gasteiger partial charge >= 0.3 is 0 Å². The molecule has 0 aliphatic carbocycles. The lowest BCUT2D eigenvalue weighted by atomic mass is 10.00. The van der Waals surface area contributed by atoms with Crippen molar-refractivity contribution in [1.82, 2.24) is 10.6 Å². The maximum atomic E-state index is 12.2. The summed E-state index contributed by atoms with van der Waals surface area (Å²) in [7, 11) is 0. The Hall–Kier alpha value is -3.05. The molecular weight excluding hydrogens is 340 g/mol. The molecule has 1 aliphatic heterocycles. The molecule has 0 spiro atoms. The first-order chi connectivity index (χ1) is 13.2. The average Bonchev–Trinajstić information content (AvgIpc) is 3.18. The molecule has 1 heterocycles. The Bertz CT molecular complexity index is 965. The van der Waals surface area contributed by atoms with Crippen molar-refractivity contribution >= 4 is 16.7 Å². The SMILES string of the molecule is C[C@@H](NCC(=O)NCc1ccc2c(c1)OCO2)c1cccc2ccccc12. The van der Waals surface area contributed by atoms with Gasteiger partial charge in [-0.3, -0.25) is 4.79 Å². The normalized spacial score (nSPS) is 13.5. The van der Waals surface area contributed by atoms with Gasteiger partial charge < -0.3 is 20.1 Å². The van der Waals surface area contributed by atoms with Gasteiger partial charge in [-0.25, -0.2) is 0 Å². The van der Waals surface area contributed by atoms with E-state index in [2.05, 4.69) is 47.9 Å². The maximum absolute atomic E-state index is 12.2. The molecule has 0 saturated carbocycles. The van der Waals surface area contributed by atoms with Crippen molar-refractivity contribution in [3.8, 4) is 11.5 Å². The van der Waals surface area contributed by atoms with Gasteiger partial charge in [0.15, 0.2) is 11.5 Å². The van der Waals surface area contributed by atoms with Gasteiger partial charge in [-0.1, -0.05) is 48.5 Å². The zero-order chi connectivity index (χ0) is 18.6. The van der Waals surface area contributed by atoms with Crippen LogP contribution in [-0.4, -0.2) is 19.2 Å². The third-order valence-electron chi connectivity index (χ3n) is 4.79. The predicted molar refractivity (Wildman–Crippen MR) is 105 cm³/mol. The number of benzene rings is 3. The number of rotatable bonds is 6. The van der Waals surface area contributed by atoms with Crippen molar-refractivity contribution < 1.29 is 14.3 Å². The van der Waals surface area contributed by atoms with Crippen LogP contribution in [0.1, 0.15) is 24.1 Å². The molecule has 1 amide bonds. The number of carbonyl (C=O) groups is 1. The highest BCUT2D eigenvalue weighted by Gasteiger charge is 2.14. The van der Waals surface area contributed by atoms with Gasteiger partial charge in [-0.15, -0.1) is 0 Å². The van der Waals surface area contributed by atoms with E-state index in [-0.39, 0.29) is 25.3 Å². The van der Waals surface area contributed by atoms with Crippen LogP contribution < -0.4 is 20.1 Å². The van der Waals surface area contributed by atoms with Crippen molar-refractivity contribution in [2.24, 2.45) is 0 Å². The van der Waals surface area contributed by atoms with Gasteiger partial charge in [0.2, 0.25) is 12.7 Å². The highest BCUT2D eigenvalue weighted by Crippen LogP contribution is 2.32. The molecule has 0 unspecified atom stereocenters. The minimum atomic E-state index is -0.0419. The van der Waals surface area contributed by atoms with E-state index < -0.39 is 0 Å². The summed E-state index contributed by atoms with van der Waals surface area (Å²) in [6.45, 7) is 3.04. The molecule has 3 aromatic carbocycles. The first-order valence-electron chi connectivity index (χ1n) is 9.07. The molecule has 138 valence electrons. The Labute approximate surface area is 158 Å². The fraction of sp³-hybridized carbons (Fsp3) is 0.227. The second-order valence-corrected chi connectivity index (χ2v) is 6.64. The summed E-state index contributed by atoms with van der Waals surface area (Å²) < 4.78 is 10.7. The van der Waals surface area contributed by atoms with Crippen LogP contribution in [0.4, 0.5) is 0 Å². The Morgan fingerprint density at radius 2 is 1.85 bits per heavy atom. The van der Waals surface area contributed by atoms with E-state index in [9.17, 15) is 4.79 Å². The van der Waals surface area contributed by atoms with Crippen LogP contribution in [0.25, 0.3) is 10.8 Å². The fourth-order valence-electron chi connectivity index (χ4n) is 3.30. The topological polar surface area (TPSA) is 59.6 Å². The minimum absolute atomic E-state index is 0.0419. The molecule has 5 nitrogen and oxygen atoms in total. The number of fused-ring (bicyclic) bond motifs is 2. The minimum Gasteiger partial charge on any atom is -0.454 e. The van der Waals surface area contributed by atoms with Crippen LogP contribution in [0.3, 0.4) is 0 Å². The summed E-state index contributed by atoms with van der Waals surface area (Å²) in [6.07, 6.45) is 0. The molecule has 0 saturated heterocycles. The number of hydrogen-bond acceptors (Lipinski definition) is 4. The zero-order valence-electron chi connectivity index (χ0n) is 15.2. The third-order valence-corrected chi connectivity index (χ3v) is 4.79. The van der Waals surface area contributed by atoms with E-state index in [1.54, 1.807) is 0 Å². The summed E-state index contributed by atoms with van der Waals surface area (Å²) >= 11 is 0. The second-order valence-electron chi connectivity index (χ2n) is 6.64. The van der Waals surface area contributed by atoms with E-state index in [0.29, 0.717) is 6.54 Å². The van der Waals surface area contributed by atoms with Gasteiger partial charge in [0.05, 0.1) is 6.54 Å². The largest absolute Gasteiger partial charge is 0.454 e. The lowest BCUT2D eigenvalue weighted by molar-refractivity contribution is -0.120. The Balaban J connectivity index is 1.32. The number of amides is 1. The Morgan fingerprint density at radius 3 is 2.78 bits per heavy atom. The van der Waals surface area contributed by atoms with Gasteiger partial charge in [0.25, 0.3) is 0 Å². The smallest absolute Gasteiger partial charge is 0.234 e. The van der Waals surface area contributed by atoms with Crippen LogP contribution in [0, 0.1) is 0 Å². The average molecular weight is 362 g/mol. The lowest BCUT2D eigenvalue weighted by Crippen LogP contribution is -2.34. The highest BCUT2D eigenvalue weighted by molar-refractivity contribution is 5.86. The molecule has 0 fully saturated rings. The molecule has 0 bridgehead atoms. The summed E-state index contributed by atoms with van der Waals surface area (Å²) in [5.41, 5.74) is 2.17. The molecule has 27 heavy (non-hydrogen) atoms. The van der Waals surface area contributed by atoms with Crippen molar-refractivity contribution in [3.63, 3.8) is 0 Å². The van der Waals surface area contributed by atoms with Crippen LogP contribution >= 0.6 is 0 Å². The Morgan fingerprint density at radius 1 is 1.04 bits per heavy atom. The third kappa shape index (κ3) is 3.88. The van der Waals surface area contributed by atoms with Gasteiger partial charge in [-0.2, -0.15) is 0 Å². The molecule has 0 aromatic heterocycles. The van der Waals surface area contributed by atoms with E-state index in [1.165, 1.54) is 16.3 Å². The highest BCUT2D eigenvalue weighted by atomic mass is 16.7. The Kier molecular flexibility index (Phi) is 4.94. The van der Waals surface area contributed by atoms with Crippen LogP contribution in [-0.2, 0) is 11.3 Å². The predicted octanol–water partition coefficient (Wildman–Crippen LogP) is 3.54. The molecule has 5 heteroatoms. The number of nitrogens with one attached hydrogen (secondary N) is 2. The second kappa shape index (κ2) is 7.68. The first kappa shape index (κ1) is 17.4. The standard InChI is InChI=1S/C22H22N2O3/c1-15(18-8-4-6-17-5-2-3-7-19(17)18)23-13-22(25)24-12-16-9-10-20-21(11-16)27-14-26-20/h2-11,15,23H,12-14H2,1H3,(H,24,25)/t15-/m1/s1. The maximum Gasteiger partial charge on any atom is 0.234 e. The van der Waals surface area contributed by atoms with Crippen molar-refractivity contribution in [2.75, 3.05) is 13.3 Å². The fourth-order valence-corrected chi connectivity index (χ4v) is 3.30. The van der Waals surface area contributed by atoms with Crippen molar-refractivity contribution in [3.05, 3.63) is 71.8 Å². The molecule has 2 N–H and O–H groups in total. The number of ether oxygens (including phenoxy) is 2. The lowest BCUT2D eigenvalue weighted by Gasteiger charge is -2.16. The molecule has 4 rings (SSSR count). The van der Waals surface area contributed by atoms with E-state index in [4.69, 9.17) is 9.47 Å². The molecule has 3 aromatic rings. The van der Waals surface area contributed by atoms with Crippen LogP contribution in [0.2, 0.25) is 0 Å². The van der Waals surface area contributed by atoms with Crippen LogP contribution in [0.5, 0.6) is 11.5 Å². The molecule has 0 radical (unpaired) electrons. The van der Waals surface area contributed by atoms with E-state index >= 15 is 0 Å². The van der Waals surface area contributed by atoms with E-state index in [0.717, 1.165) is 17.1 Å². The zero-order valence-corrected chi connectivity index (χ0v) is 15.2. The molecule has 1 aliphatic rings.